The summed E-state index contributed by atoms with van der Waals surface area (Å²) in [7, 11) is 0. The van der Waals surface area contributed by atoms with Crippen molar-refractivity contribution >= 4 is 40.6 Å². The number of phenols is 1. The number of carbonyl (C=O) groups is 3. The van der Waals surface area contributed by atoms with Crippen molar-refractivity contribution in [2.45, 2.75) is 13.3 Å². The lowest BCUT2D eigenvalue weighted by atomic mass is 10.1. The number of benzene rings is 2. The van der Waals surface area contributed by atoms with Gasteiger partial charge in [0.15, 0.2) is 5.78 Å². The highest BCUT2D eigenvalue weighted by Crippen LogP contribution is 2.27. The molecule has 2 aliphatic rings. The highest BCUT2D eigenvalue weighted by atomic mass is 35.5. The molecule has 9 nitrogen and oxygen atoms in total. The van der Waals surface area contributed by atoms with Crippen LogP contribution in [0.25, 0.3) is 5.69 Å². The molecule has 1 aromatic heterocycles. The van der Waals surface area contributed by atoms with E-state index in [9.17, 15) is 19.5 Å². The number of phenolic OH excluding ortho intramolecular Hbond substituents is 1. The summed E-state index contributed by atoms with van der Waals surface area (Å²) in [6, 6.07) is 16.4. The number of likely N-dealkylation sites (tertiary alicyclic amines) is 1. The molecule has 2 saturated heterocycles. The van der Waals surface area contributed by atoms with E-state index in [2.05, 4.69) is 22.3 Å². The van der Waals surface area contributed by atoms with E-state index in [0.717, 1.165) is 24.5 Å². The fourth-order valence-corrected chi connectivity index (χ4v) is 5.42. The second-order valence-electron chi connectivity index (χ2n) is 10.1. The van der Waals surface area contributed by atoms with Crippen molar-refractivity contribution in [3.05, 3.63) is 71.5 Å². The number of nitrogens with one attached hydrogen (secondary N) is 1. The number of aromatic hydroxyl groups is 1. The summed E-state index contributed by atoms with van der Waals surface area (Å²) in [5.41, 5.74) is 3.22. The molecular weight excluding hydrogens is 518 g/mol. The molecule has 10 heteroatoms. The van der Waals surface area contributed by atoms with Crippen LogP contribution in [-0.4, -0.2) is 82.9 Å². The molecule has 2 amide bonds. The SMILES string of the molecule is CC(=O)c1cccn1-c1ccc(N2CCN(C(=O)CN3CC[C@@H](C(=O)Nc4ccc(O)c(Cl)c4)C3)CC2)cc1. The number of aromatic nitrogens is 1. The molecule has 3 heterocycles. The minimum absolute atomic E-state index is 0.0250. The third-order valence-electron chi connectivity index (χ3n) is 7.45. The smallest absolute Gasteiger partial charge is 0.236 e. The van der Waals surface area contributed by atoms with Gasteiger partial charge in [-0.2, -0.15) is 0 Å². The van der Waals surface area contributed by atoms with Gasteiger partial charge in [-0.3, -0.25) is 19.3 Å². The van der Waals surface area contributed by atoms with Gasteiger partial charge in [-0.15, -0.1) is 0 Å². The molecule has 0 aliphatic carbocycles. The second-order valence-corrected chi connectivity index (χ2v) is 10.5. The fourth-order valence-electron chi connectivity index (χ4n) is 5.24. The molecule has 0 bridgehead atoms. The van der Waals surface area contributed by atoms with E-state index in [4.69, 9.17) is 11.6 Å². The number of carbonyl (C=O) groups excluding carboxylic acids is 3. The Morgan fingerprint density at radius 1 is 0.974 bits per heavy atom. The van der Waals surface area contributed by atoms with Crippen LogP contribution in [0.2, 0.25) is 5.02 Å². The molecule has 3 aromatic rings. The normalized spacial score (nSPS) is 17.8. The van der Waals surface area contributed by atoms with Gasteiger partial charge in [0.1, 0.15) is 5.75 Å². The standard InChI is InChI=1S/C29H32ClN5O4/c1-20(36)26-3-2-11-35(26)24-7-5-23(6-8-24)33-13-15-34(16-14-33)28(38)19-32-12-10-21(18-32)29(39)31-22-4-9-27(37)25(30)17-22/h2-9,11,17,21,37H,10,12-16,18-19H2,1H3,(H,31,39)/t21-/m1/s1. The highest BCUT2D eigenvalue weighted by molar-refractivity contribution is 6.32. The monoisotopic (exact) mass is 549 g/mol. The van der Waals surface area contributed by atoms with Crippen molar-refractivity contribution in [2.24, 2.45) is 5.92 Å². The Labute approximate surface area is 232 Å². The predicted molar refractivity (Wildman–Crippen MR) is 151 cm³/mol. The van der Waals surface area contributed by atoms with Crippen molar-refractivity contribution in [3.63, 3.8) is 0 Å². The summed E-state index contributed by atoms with van der Waals surface area (Å²) in [6.07, 6.45) is 2.57. The summed E-state index contributed by atoms with van der Waals surface area (Å²) < 4.78 is 1.89. The molecule has 0 unspecified atom stereocenters. The number of halogens is 1. The molecule has 2 aromatic carbocycles. The molecule has 1 atom stereocenters. The lowest BCUT2D eigenvalue weighted by Crippen LogP contribution is -2.51. The van der Waals surface area contributed by atoms with Crippen LogP contribution in [-0.2, 0) is 9.59 Å². The first-order chi connectivity index (χ1) is 18.8. The number of nitrogens with zero attached hydrogens (tertiary/aromatic N) is 4. The Balaban J connectivity index is 1.09. The summed E-state index contributed by atoms with van der Waals surface area (Å²) in [4.78, 5) is 43.7. The van der Waals surface area contributed by atoms with E-state index in [1.807, 2.05) is 44.8 Å². The van der Waals surface area contributed by atoms with E-state index >= 15 is 0 Å². The highest BCUT2D eigenvalue weighted by Gasteiger charge is 2.31. The Kier molecular flexibility index (Phi) is 7.90. The number of ketones is 1. The van der Waals surface area contributed by atoms with E-state index in [-0.39, 0.29) is 34.3 Å². The van der Waals surface area contributed by atoms with E-state index in [0.29, 0.717) is 50.5 Å². The van der Waals surface area contributed by atoms with Gasteiger partial charge >= 0.3 is 0 Å². The summed E-state index contributed by atoms with van der Waals surface area (Å²) in [5.74, 6) is -0.238. The maximum absolute atomic E-state index is 13.0. The van der Waals surface area contributed by atoms with E-state index in [1.165, 1.54) is 12.1 Å². The summed E-state index contributed by atoms with van der Waals surface area (Å²) >= 11 is 5.93. The predicted octanol–water partition coefficient (Wildman–Crippen LogP) is 3.65. The molecule has 2 N–H and O–H groups in total. The molecule has 2 fully saturated rings. The van der Waals surface area contributed by atoms with Crippen molar-refractivity contribution in [1.82, 2.24) is 14.4 Å². The van der Waals surface area contributed by atoms with Crippen LogP contribution in [0.4, 0.5) is 11.4 Å². The zero-order chi connectivity index (χ0) is 27.5. The Bertz CT molecular complexity index is 1360. The second kappa shape index (κ2) is 11.5. The Hall–Kier alpha value is -3.82. The van der Waals surface area contributed by atoms with Gasteiger partial charge in [0, 0.05) is 62.9 Å². The van der Waals surface area contributed by atoms with Gasteiger partial charge in [0.05, 0.1) is 23.2 Å². The number of Topliss-reactive ketones (excluding diaryl/α,β-unsaturated/α-hetero) is 1. The van der Waals surface area contributed by atoms with Gasteiger partial charge < -0.3 is 24.8 Å². The molecule has 0 radical (unpaired) electrons. The molecule has 0 spiro atoms. The lowest BCUT2D eigenvalue weighted by molar-refractivity contribution is -0.132. The maximum atomic E-state index is 13.0. The van der Waals surface area contributed by atoms with Crippen LogP contribution in [0.3, 0.4) is 0 Å². The molecule has 5 rings (SSSR count). The molecular formula is C29H32ClN5O4. The average Bonchev–Trinajstić information content (AvgIpc) is 3.61. The quantitative estimate of drug-likeness (QED) is 0.345. The van der Waals surface area contributed by atoms with Gasteiger partial charge in [0.25, 0.3) is 0 Å². The molecule has 39 heavy (non-hydrogen) atoms. The Morgan fingerprint density at radius 3 is 2.38 bits per heavy atom. The summed E-state index contributed by atoms with van der Waals surface area (Å²) in [6.45, 7) is 5.87. The zero-order valence-electron chi connectivity index (χ0n) is 21.8. The summed E-state index contributed by atoms with van der Waals surface area (Å²) in [5, 5.41) is 12.6. The van der Waals surface area contributed by atoms with Crippen molar-refractivity contribution in [3.8, 4) is 11.4 Å². The van der Waals surface area contributed by atoms with Gasteiger partial charge in [0.2, 0.25) is 11.8 Å². The maximum Gasteiger partial charge on any atom is 0.236 e. The zero-order valence-corrected chi connectivity index (χ0v) is 22.6. The van der Waals surface area contributed by atoms with Crippen LogP contribution in [0.15, 0.2) is 60.8 Å². The number of amides is 2. The fraction of sp³-hybridized carbons (Fsp3) is 0.345. The van der Waals surface area contributed by atoms with Gasteiger partial charge in [-0.05, 0) is 67.6 Å². The molecule has 204 valence electrons. The minimum Gasteiger partial charge on any atom is -0.506 e. The number of anilines is 2. The van der Waals surface area contributed by atoms with Crippen LogP contribution in [0.5, 0.6) is 5.75 Å². The van der Waals surface area contributed by atoms with E-state index < -0.39 is 0 Å². The first kappa shape index (κ1) is 26.8. The topological polar surface area (TPSA) is 98.1 Å². The van der Waals surface area contributed by atoms with Crippen molar-refractivity contribution < 1.29 is 19.5 Å². The van der Waals surface area contributed by atoms with Crippen LogP contribution in [0.1, 0.15) is 23.8 Å². The van der Waals surface area contributed by atoms with Crippen LogP contribution < -0.4 is 10.2 Å². The van der Waals surface area contributed by atoms with Gasteiger partial charge in [-0.1, -0.05) is 11.6 Å². The van der Waals surface area contributed by atoms with E-state index in [1.54, 1.807) is 13.0 Å². The van der Waals surface area contributed by atoms with Crippen LogP contribution in [0, 0.1) is 5.92 Å². The lowest BCUT2D eigenvalue weighted by Gasteiger charge is -2.36. The largest absolute Gasteiger partial charge is 0.506 e. The molecule has 2 aliphatic heterocycles. The minimum atomic E-state index is -0.205. The number of hydrogen-bond donors (Lipinski definition) is 2. The van der Waals surface area contributed by atoms with Crippen molar-refractivity contribution in [2.75, 3.05) is 56.0 Å². The van der Waals surface area contributed by atoms with Crippen LogP contribution >= 0.6 is 11.6 Å². The average molecular weight is 550 g/mol. The number of hydrogen-bond acceptors (Lipinski definition) is 6. The molecule has 0 saturated carbocycles. The number of rotatable bonds is 7. The number of piperazine rings is 1. The third-order valence-corrected chi connectivity index (χ3v) is 7.75. The van der Waals surface area contributed by atoms with Crippen molar-refractivity contribution in [1.29, 1.82) is 0 Å². The Morgan fingerprint density at radius 2 is 1.69 bits per heavy atom. The van der Waals surface area contributed by atoms with Gasteiger partial charge in [-0.25, -0.2) is 0 Å². The first-order valence-corrected chi connectivity index (χ1v) is 13.5. The third kappa shape index (κ3) is 6.10. The first-order valence-electron chi connectivity index (χ1n) is 13.1.